The third-order valence-corrected chi connectivity index (χ3v) is 3.67. The van der Waals surface area contributed by atoms with Crippen molar-refractivity contribution < 1.29 is 21.0 Å². The fourth-order valence-corrected chi connectivity index (χ4v) is 2.51. The van der Waals surface area contributed by atoms with Gasteiger partial charge in [0, 0.05) is 16.6 Å². The molecule has 0 radical (unpaired) electrons. The smallest absolute Gasteiger partial charge is 0.259 e. The lowest BCUT2D eigenvalue weighted by Crippen LogP contribution is -2.20. The molecule has 12 heavy (non-hydrogen) atoms. The van der Waals surface area contributed by atoms with Gasteiger partial charge in [-0.3, -0.25) is 4.21 Å². The van der Waals surface area contributed by atoms with Crippen LogP contribution in [0.1, 0.15) is 6.92 Å². The van der Waals surface area contributed by atoms with Gasteiger partial charge in [0.15, 0.2) is 0 Å². The summed E-state index contributed by atoms with van der Waals surface area (Å²) in [6.07, 6.45) is -0.573. The predicted molar refractivity (Wildman–Crippen MR) is 43.3 cm³/mol. The molecule has 0 amide bonds. The lowest BCUT2D eigenvalue weighted by atomic mass is 10.4. The van der Waals surface area contributed by atoms with Crippen LogP contribution in [-0.2, 0) is 29.6 Å². The van der Waals surface area contributed by atoms with Crippen LogP contribution in [0.25, 0.3) is 0 Å². The monoisotopic (exact) mass is 214 g/mol. The van der Waals surface area contributed by atoms with Crippen molar-refractivity contribution in [2.24, 2.45) is 0 Å². The number of hydrogen-bond acceptors (Lipinski definition) is 5. The SMILES string of the molecule is CCS(=O)CC1COS(=O)(=O)O1. The molecule has 1 saturated heterocycles. The van der Waals surface area contributed by atoms with E-state index in [0.29, 0.717) is 5.75 Å². The predicted octanol–water partition coefficient (Wildman–Crippen LogP) is -0.585. The highest BCUT2D eigenvalue weighted by Crippen LogP contribution is 2.13. The highest BCUT2D eigenvalue weighted by Gasteiger charge is 2.30. The summed E-state index contributed by atoms with van der Waals surface area (Å²) >= 11 is 0. The summed E-state index contributed by atoms with van der Waals surface area (Å²) in [5, 5.41) is 0. The van der Waals surface area contributed by atoms with Crippen molar-refractivity contribution in [3.05, 3.63) is 0 Å². The summed E-state index contributed by atoms with van der Waals surface area (Å²) in [7, 11) is -4.80. The number of hydrogen-bond donors (Lipinski definition) is 0. The fourth-order valence-electron chi connectivity index (χ4n) is 0.783. The molecule has 0 aromatic heterocycles. The summed E-state index contributed by atoms with van der Waals surface area (Å²) in [5.41, 5.74) is 0. The van der Waals surface area contributed by atoms with Gasteiger partial charge in [0.1, 0.15) is 6.10 Å². The van der Waals surface area contributed by atoms with E-state index in [4.69, 9.17) is 0 Å². The molecule has 1 heterocycles. The van der Waals surface area contributed by atoms with Crippen LogP contribution in [0.15, 0.2) is 0 Å². The van der Waals surface area contributed by atoms with E-state index >= 15 is 0 Å². The van der Waals surface area contributed by atoms with Crippen LogP contribution < -0.4 is 0 Å². The molecule has 0 bridgehead atoms. The van der Waals surface area contributed by atoms with Gasteiger partial charge in [-0.25, -0.2) is 8.37 Å². The first-order chi connectivity index (χ1) is 5.53. The lowest BCUT2D eigenvalue weighted by Gasteiger charge is -2.02. The van der Waals surface area contributed by atoms with Gasteiger partial charge in [0.2, 0.25) is 0 Å². The molecular formula is C5H10O5S2. The van der Waals surface area contributed by atoms with E-state index in [-0.39, 0.29) is 12.4 Å². The molecule has 1 rings (SSSR count). The zero-order valence-corrected chi connectivity index (χ0v) is 8.19. The van der Waals surface area contributed by atoms with E-state index < -0.39 is 27.3 Å². The normalized spacial score (nSPS) is 30.2. The van der Waals surface area contributed by atoms with Gasteiger partial charge in [0.05, 0.1) is 12.4 Å². The van der Waals surface area contributed by atoms with Gasteiger partial charge >= 0.3 is 10.4 Å². The second kappa shape index (κ2) is 3.82. The Bertz CT molecular complexity index is 270. The molecule has 0 aromatic carbocycles. The highest BCUT2D eigenvalue weighted by molar-refractivity contribution is 7.85. The molecule has 5 nitrogen and oxygen atoms in total. The highest BCUT2D eigenvalue weighted by atomic mass is 32.3. The van der Waals surface area contributed by atoms with Crippen molar-refractivity contribution in [3.8, 4) is 0 Å². The van der Waals surface area contributed by atoms with Crippen molar-refractivity contribution in [1.82, 2.24) is 0 Å². The largest absolute Gasteiger partial charge is 0.400 e. The molecule has 0 spiro atoms. The first-order valence-electron chi connectivity index (χ1n) is 3.46. The van der Waals surface area contributed by atoms with Crippen LogP contribution in [0, 0.1) is 0 Å². The van der Waals surface area contributed by atoms with Crippen molar-refractivity contribution in [2.75, 3.05) is 18.1 Å². The summed E-state index contributed by atoms with van der Waals surface area (Å²) in [4.78, 5) is 0. The molecule has 0 aromatic rings. The van der Waals surface area contributed by atoms with Crippen LogP contribution in [0.5, 0.6) is 0 Å². The Labute approximate surface area is 73.8 Å². The van der Waals surface area contributed by atoms with Crippen LogP contribution in [0.3, 0.4) is 0 Å². The Hall–Kier alpha value is 0.0200. The van der Waals surface area contributed by atoms with E-state index in [1.165, 1.54) is 0 Å². The third kappa shape index (κ3) is 2.81. The maximum atomic E-state index is 11.0. The topological polar surface area (TPSA) is 69.7 Å². The quantitative estimate of drug-likeness (QED) is 0.628. The van der Waals surface area contributed by atoms with E-state index in [2.05, 4.69) is 8.37 Å². The molecule has 1 fully saturated rings. The minimum absolute atomic E-state index is 0.0198. The third-order valence-electron chi connectivity index (χ3n) is 1.35. The van der Waals surface area contributed by atoms with Gasteiger partial charge in [-0.2, -0.15) is 8.42 Å². The van der Waals surface area contributed by atoms with Crippen molar-refractivity contribution in [3.63, 3.8) is 0 Å². The summed E-state index contributed by atoms with van der Waals surface area (Å²) in [5.74, 6) is 0.718. The molecule has 1 aliphatic rings. The van der Waals surface area contributed by atoms with Crippen LogP contribution in [0.4, 0.5) is 0 Å². The second-order valence-electron chi connectivity index (χ2n) is 2.31. The van der Waals surface area contributed by atoms with Crippen molar-refractivity contribution >= 4 is 21.2 Å². The van der Waals surface area contributed by atoms with E-state index in [1.54, 1.807) is 6.92 Å². The van der Waals surface area contributed by atoms with E-state index in [1.807, 2.05) is 0 Å². The zero-order valence-electron chi connectivity index (χ0n) is 6.56. The molecule has 0 N–H and O–H groups in total. The van der Waals surface area contributed by atoms with Crippen molar-refractivity contribution in [2.45, 2.75) is 13.0 Å². The molecule has 0 aliphatic carbocycles. The van der Waals surface area contributed by atoms with Crippen LogP contribution in [-0.4, -0.2) is 36.8 Å². The lowest BCUT2D eigenvalue weighted by molar-refractivity contribution is 0.261. The zero-order chi connectivity index (χ0) is 9.19. The van der Waals surface area contributed by atoms with Gasteiger partial charge in [-0.05, 0) is 0 Å². The van der Waals surface area contributed by atoms with Gasteiger partial charge in [0.25, 0.3) is 0 Å². The average Bonchev–Trinajstić information content (AvgIpc) is 2.30. The molecule has 0 saturated carbocycles. The maximum Gasteiger partial charge on any atom is 0.400 e. The molecule has 2 unspecified atom stereocenters. The minimum Gasteiger partial charge on any atom is -0.259 e. The molecule has 7 heteroatoms. The van der Waals surface area contributed by atoms with Gasteiger partial charge < -0.3 is 0 Å². The standard InChI is InChI=1S/C5H10O5S2/c1-2-11(6)4-5-3-9-12(7,8)10-5/h5H,2-4H2,1H3. The molecular weight excluding hydrogens is 204 g/mol. The van der Waals surface area contributed by atoms with Crippen LogP contribution >= 0.6 is 0 Å². The average molecular weight is 214 g/mol. The maximum absolute atomic E-state index is 11.0. The minimum atomic E-state index is -3.78. The first kappa shape index (κ1) is 10.1. The van der Waals surface area contributed by atoms with Crippen LogP contribution in [0.2, 0.25) is 0 Å². The van der Waals surface area contributed by atoms with E-state index in [9.17, 15) is 12.6 Å². The second-order valence-corrected chi connectivity index (χ2v) is 5.34. The van der Waals surface area contributed by atoms with Gasteiger partial charge in [-0.15, -0.1) is 0 Å². The Morgan fingerprint density at radius 2 is 2.25 bits per heavy atom. The summed E-state index contributed by atoms with van der Waals surface area (Å²) in [6, 6.07) is 0. The number of rotatable bonds is 3. The van der Waals surface area contributed by atoms with Crippen molar-refractivity contribution in [1.29, 1.82) is 0 Å². The Kier molecular flexibility index (Phi) is 3.22. The summed E-state index contributed by atoms with van der Waals surface area (Å²) in [6.45, 7) is 1.74. The fraction of sp³-hybridized carbons (Fsp3) is 1.00. The first-order valence-corrected chi connectivity index (χ1v) is 6.28. The summed E-state index contributed by atoms with van der Waals surface area (Å²) < 4.78 is 40.9. The molecule has 2 atom stereocenters. The Morgan fingerprint density at radius 3 is 2.67 bits per heavy atom. The Morgan fingerprint density at radius 1 is 1.58 bits per heavy atom. The Balaban J connectivity index is 2.43. The molecule has 72 valence electrons. The molecule has 1 aliphatic heterocycles. The van der Waals surface area contributed by atoms with Gasteiger partial charge in [-0.1, -0.05) is 6.92 Å². The van der Waals surface area contributed by atoms with E-state index in [0.717, 1.165) is 0 Å².